The van der Waals surface area contributed by atoms with Crippen molar-refractivity contribution < 1.29 is 18.0 Å². The fraction of sp³-hybridized carbons (Fsp3) is 0.667. The summed E-state index contributed by atoms with van der Waals surface area (Å²) in [6.07, 6.45) is -1.20. The maximum absolute atomic E-state index is 11.8. The van der Waals surface area contributed by atoms with Crippen LogP contribution < -0.4 is 11.1 Å². The molecule has 3 nitrogen and oxygen atoms in total. The molecule has 0 heterocycles. The predicted octanol–water partition coefficient (Wildman–Crippen LogP) is 1.31. The molecule has 0 amide bonds. The second kappa shape index (κ2) is 4.55. The Labute approximate surface area is 85.5 Å². The first-order chi connectivity index (χ1) is 6.92. The Morgan fingerprint density at radius 3 is 2.47 bits per heavy atom. The van der Waals surface area contributed by atoms with Gasteiger partial charge in [0.2, 0.25) is 0 Å². The number of hydrogen-bond acceptors (Lipinski definition) is 3. The minimum absolute atomic E-state index is 0.140. The van der Waals surface area contributed by atoms with Crippen LogP contribution in [-0.2, 0) is 4.79 Å². The molecule has 0 saturated heterocycles. The average molecular weight is 222 g/mol. The smallest absolute Gasteiger partial charge is 0.403 e. The van der Waals surface area contributed by atoms with Crippen molar-refractivity contribution in [2.24, 2.45) is 11.7 Å². The molecule has 0 unspecified atom stereocenters. The summed E-state index contributed by atoms with van der Waals surface area (Å²) in [6, 6.07) is 0. The Hall–Kier alpha value is -1.20. The van der Waals surface area contributed by atoms with E-state index in [9.17, 15) is 18.0 Å². The molecule has 3 N–H and O–H groups in total. The first-order valence-electron chi connectivity index (χ1n) is 4.68. The molecule has 0 spiro atoms. The molecule has 86 valence electrons. The number of halogens is 3. The van der Waals surface area contributed by atoms with Crippen LogP contribution >= 0.6 is 0 Å². The number of Topliss-reactive ketones (excluding diaryl/α,β-unsaturated/α-hetero) is 1. The van der Waals surface area contributed by atoms with Gasteiger partial charge in [-0.25, -0.2) is 0 Å². The van der Waals surface area contributed by atoms with Crippen molar-refractivity contribution >= 4 is 5.78 Å². The highest BCUT2D eigenvalue weighted by Gasteiger charge is 2.29. The first kappa shape index (κ1) is 11.9. The third-order valence-electron chi connectivity index (χ3n) is 2.12. The van der Waals surface area contributed by atoms with Gasteiger partial charge in [0.05, 0.1) is 5.70 Å². The van der Waals surface area contributed by atoms with E-state index in [1.165, 1.54) is 0 Å². The van der Waals surface area contributed by atoms with Gasteiger partial charge in [-0.3, -0.25) is 4.79 Å². The summed E-state index contributed by atoms with van der Waals surface area (Å²) in [7, 11) is 0. The van der Waals surface area contributed by atoms with Gasteiger partial charge in [-0.2, -0.15) is 13.2 Å². The summed E-state index contributed by atoms with van der Waals surface area (Å²) in [5.41, 5.74) is 4.95. The molecule has 0 bridgehead atoms. The van der Waals surface area contributed by atoms with Crippen LogP contribution in [0.5, 0.6) is 0 Å². The molecule has 1 fully saturated rings. The van der Waals surface area contributed by atoms with Crippen LogP contribution in [0.2, 0.25) is 0 Å². The van der Waals surface area contributed by atoms with Gasteiger partial charge < -0.3 is 11.1 Å². The highest BCUT2D eigenvalue weighted by molar-refractivity contribution is 5.94. The van der Waals surface area contributed by atoms with Gasteiger partial charge in [-0.15, -0.1) is 0 Å². The number of carbonyl (C=O) groups is 1. The first-order valence-corrected chi connectivity index (χ1v) is 4.68. The molecule has 6 heteroatoms. The highest BCUT2D eigenvalue weighted by atomic mass is 19.4. The normalized spacial score (nSPS) is 17.7. The van der Waals surface area contributed by atoms with Crippen LogP contribution in [0.15, 0.2) is 11.9 Å². The third-order valence-corrected chi connectivity index (χ3v) is 2.12. The molecule has 0 aromatic carbocycles. The van der Waals surface area contributed by atoms with E-state index in [1.807, 2.05) is 5.32 Å². The lowest BCUT2D eigenvalue weighted by Gasteiger charge is -2.11. The van der Waals surface area contributed by atoms with Crippen molar-refractivity contribution in [3.63, 3.8) is 0 Å². The molecular weight excluding hydrogens is 209 g/mol. The van der Waals surface area contributed by atoms with E-state index in [0.717, 1.165) is 19.0 Å². The van der Waals surface area contributed by atoms with Crippen molar-refractivity contribution in [1.82, 2.24) is 5.32 Å². The maximum atomic E-state index is 11.8. The highest BCUT2D eigenvalue weighted by Crippen LogP contribution is 2.33. The Balaban J connectivity index is 2.37. The lowest BCUT2D eigenvalue weighted by Crippen LogP contribution is -2.31. The second-order valence-electron chi connectivity index (χ2n) is 3.62. The van der Waals surface area contributed by atoms with Crippen LogP contribution in [0.25, 0.3) is 0 Å². The topological polar surface area (TPSA) is 55.1 Å². The number of carbonyl (C=O) groups excluding carboxylic acids is 1. The lowest BCUT2D eigenvalue weighted by atomic mass is 10.1. The third kappa shape index (κ3) is 4.71. The molecule has 15 heavy (non-hydrogen) atoms. The van der Waals surface area contributed by atoms with E-state index in [2.05, 4.69) is 0 Å². The standard InChI is InChI=1S/C9H13F3N2O/c10-9(11,12)5-14-7(4-13)8(15)3-6-1-2-6/h4,6,14H,1-3,5,13H2/b7-4-. The minimum atomic E-state index is -4.34. The minimum Gasteiger partial charge on any atom is -0.403 e. The van der Waals surface area contributed by atoms with Gasteiger partial charge >= 0.3 is 6.18 Å². The van der Waals surface area contributed by atoms with Gasteiger partial charge in [0.15, 0.2) is 5.78 Å². The molecule has 1 saturated carbocycles. The van der Waals surface area contributed by atoms with E-state index in [-0.39, 0.29) is 17.9 Å². The number of hydrogen-bond donors (Lipinski definition) is 2. The van der Waals surface area contributed by atoms with E-state index < -0.39 is 12.7 Å². The number of ketones is 1. The lowest BCUT2D eigenvalue weighted by molar-refractivity contribution is -0.125. The Kier molecular flexibility index (Phi) is 3.60. The summed E-state index contributed by atoms with van der Waals surface area (Å²) in [4.78, 5) is 11.4. The number of nitrogens with two attached hydrogens (primary N) is 1. The number of allylic oxidation sites excluding steroid dienone is 1. The van der Waals surface area contributed by atoms with Crippen molar-refractivity contribution in [3.8, 4) is 0 Å². The number of rotatable bonds is 5. The number of alkyl halides is 3. The van der Waals surface area contributed by atoms with E-state index >= 15 is 0 Å². The summed E-state index contributed by atoms with van der Waals surface area (Å²) in [5.74, 6) is -0.00983. The molecule has 0 aliphatic heterocycles. The Bertz CT molecular complexity index is 269. The average Bonchev–Trinajstić information content (AvgIpc) is 2.87. The zero-order valence-electron chi connectivity index (χ0n) is 8.10. The molecule has 1 aliphatic carbocycles. The van der Waals surface area contributed by atoms with Crippen LogP contribution in [0.4, 0.5) is 13.2 Å². The van der Waals surface area contributed by atoms with Gasteiger partial charge in [-0.1, -0.05) is 0 Å². The van der Waals surface area contributed by atoms with Gasteiger partial charge in [0.1, 0.15) is 6.54 Å². The fourth-order valence-electron chi connectivity index (χ4n) is 1.14. The summed E-state index contributed by atoms with van der Waals surface area (Å²) in [5, 5.41) is 2.00. The van der Waals surface area contributed by atoms with Gasteiger partial charge in [0, 0.05) is 12.6 Å². The second-order valence-corrected chi connectivity index (χ2v) is 3.62. The Morgan fingerprint density at radius 2 is 2.07 bits per heavy atom. The Morgan fingerprint density at radius 1 is 1.47 bits per heavy atom. The molecule has 0 aromatic rings. The molecule has 1 aliphatic rings. The molecule has 0 radical (unpaired) electrons. The summed E-state index contributed by atoms with van der Waals surface area (Å²) < 4.78 is 35.5. The SMILES string of the molecule is N/C=C(\NCC(F)(F)F)C(=O)CC1CC1. The summed E-state index contributed by atoms with van der Waals surface area (Å²) in [6.45, 7) is -1.23. The quantitative estimate of drug-likeness (QED) is 0.689. The maximum Gasteiger partial charge on any atom is 0.405 e. The van der Waals surface area contributed by atoms with Crippen LogP contribution in [0.1, 0.15) is 19.3 Å². The van der Waals surface area contributed by atoms with E-state index in [1.54, 1.807) is 0 Å². The van der Waals surface area contributed by atoms with Gasteiger partial charge in [0.25, 0.3) is 0 Å². The largest absolute Gasteiger partial charge is 0.405 e. The predicted molar refractivity (Wildman–Crippen MR) is 48.7 cm³/mol. The zero-order valence-corrected chi connectivity index (χ0v) is 8.10. The van der Waals surface area contributed by atoms with Crippen LogP contribution in [0, 0.1) is 5.92 Å². The fourth-order valence-corrected chi connectivity index (χ4v) is 1.14. The molecule has 0 aromatic heterocycles. The van der Waals surface area contributed by atoms with Crippen molar-refractivity contribution in [1.29, 1.82) is 0 Å². The molecular formula is C9H13F3N2O. The van der Waals surface area contributed by atoms with E-state index in [4.69, 9.17) is 5.73 Å². The van der Waals surface area contributed by atoms with Crippen molar-refractivity contribution in [3.05, 3.63) is 11.9 Å². The van der Waals surface area contributed by atoms with Crippen molar-refractivity contribution in [2.75, 3.05) is 6.54 Å². The van der Waals surface area contributed by atoms with Crippen LogP contribution in [0.3, 0.4) is 0 Å². The monoisotopic (exact) mass is 222 g/mol. The van der Waals surface area contributed by atoms with Crippen molar-refractivity contribution in [2.45, 2.75) is 25.4 Å². The van der Waals surface area contributed by atoms with Gasteiger partial charge in [-0.05, 0) is 18.8 Å². The van der Waals surface area contributed by atoms with Crippen LogP contribution in [-0.4, -0.2) is 18.5 Å². The molecule has 0 atom stereocenters. The molecule has 1 rings (SSSR count). The number of nitrogens with one attached hydrogen (secondary N) is 1. The summed E-state index contributed by atoms with van der Waals surface area (Å²) >= 11 is 0. The van der Waals surface area contributed by atoms with E-state index in [0.29, 0.717) is 5.92 Å². The zero-order chi connectivity index (χ0) is 11.5.